The van der Waals surface area contributed by atoms with Crippen LogP contribution in [0.2, 0.25) is 0 Å². The average Bonchev–Trinajstić information content (AvgIpc) is 2.84. The van der Waals surface area contributed by atoms with E-state index in [9.17, 15) is 4.79 Å². The van der Waals surface area contributed by atoms with Gasteiger partial charge >= 0.3 is 5.91 Å². The van der Waals surface area contributed by atoms with E-state index in [1.54, 1.807) is 6.33 Å². The lowest BCUT2D eigenvalue weighted by Gasteiger charge is -2.34. The second kappa shape index (κ2) is 8.86. The molecule has 3 aliphatic rings. The van der Waals surface area contributed by atoms with Gasteiger partial charge in [0.15, 0.2) is 0 Å². The molecule has 3 fully saturated rings. The first-order chi connectivity index (χ1) is 14.8. The molecule has 5 rings (SSSR count). The maximum absolute atomic E-state index is 13.1. The van der Waals surface area contributed by atoms with Crippen LogP contribution < -0.4 is 14.7 Å². The van der Waals surface area contributed by atoms with Crippen molar-refractivity contribution in [3.05, 3.63) is 24.5 Å². The van der Waals surface area contributed by atoms with Crippen molar-refractivity contribution in [2.75, 3.05) is 62.3 Å². The summed E-state index contributed by atoms with van der Waals surface area (Å²) in [4.78, 5) is 28.1. The van der Waals surface area contributed by atoms with Gasteiger partial charge in [-0.2, -0.15) is 0 Å². The van der Waals surface area contributed by atoms with E-state index in [1.807, 2.05) is 0 Å². The van der Waals surface area contributed by atoms with Gasteiger partial charge in [0.05, 0.1) is 37.7 Å². The van der Waals surface area contributed by atoms with Crippen LogP contribution in [0.5, 0.6) is 0 Å². The molecule has 1 unspecified atom stereocenters. The number of carbonyl (C=O) groups excluding carboxylic acids is 1. The van der Waals surface area contributed by atoms with E-state index in [1.165, 1.54) is 29.8 Å². The second-order valence-electron chi connectivity index (χ2n) is 8.81. The summed E-state index contributed by atoms with van der Waals surface area (Å²) in [7, 11) is 0. The smallest absolute Gasteiger partial charge is 0.316 e. The highest BCUT2D eigenvalue weighted by molar-refractivity contribution is 5.91. The van der Waals surface area contributed by atoms with Crippen molar-refractivity contribution in [2.24, 2.45) is 5.92 Å². The number of quaternary nitrogens is 1. The molecule has 3 saturated heterocycles. The highest BCUT2D eigenvalue weighted by Crippen LogP contribution is 2.30. The zero-order valence-corrected chi connectivity index (χ0v) is 17.7. The van der Waals surface area contributed by atoms with Crippen LogP contribution in [-0.2, 0) is 9.53 Å². The maximum atomic E-state index is 13.1. The summed E-state index contributed by atoms with van der Waals surface area (Å²) in [5, 5.41) is 1.08. The predicted molar refractivity (Wildman–Crippen MR) is 117 cm³/mol. The topological polar surface area (TPSA) is 63.0 Å². The fourth-order valence-corrected chi connectivity index (χ4v) is 5.20. The molecule has 0 aliphatic carbocycles. The van der Waals surface area contributed by atoms with Crippen molar-refractivity contribution < 1.29 is 14.4 Å². The molecule has 7 heteroatoms. The van der Waals surface area contributed by atoms with Gasteiger partial charge in [0, 0.05) is 37.3 Å². The molecule has 1 aromatic carbocycles. The van der Waals surface area contributed by atoms with Gasteiger partial charge in [0.2, 0.25) is 0 Å². The Balaban J connectivity index is 1.36. The van der Waals surface area contributed by atoms with Gasteiger partial charge in [-0.15, -0.1) is 0 Å². The van der Waals surface area contributed by atoms with E-state index in [0.717, 1.165) is 82.0 Å². The highest BCUT2D eigenvalue weighted by atomic mass is 16.5. The SMILES string of the molecule is O=C(C1CCCN(c2ncnc3cc(N4CCOCC4)ccc23)C1)[NH+]1CCCCC1. The number of rotatable bonds is 3. The van der Waals surface area contributed by atoms with E-state index >= 15 is 0 Å². The van der Waals surface area contributed by atoms with Gasteiger partial charge in [-0.3, -0.25) is 4.90 Å². The number of likely N-dealkylation sites (tertiary alicyclic amines) is 1. The average molecular weight is 411 g/mol. The number of benzene rings is 1. The maximum Gasteiger partial charge on any atom is 0.316 e. The normalized spacial score (nSPS) is 23.7. The Labute approximate surface area is 178 Å². The quantitative estimate of drug-likeness (QED) is 0.823. The van der Waals surface area contributed by atoms with Gasteiger partial charge in [-0.25, -0.2) is 14.8 Å². The van der Waals surface area contributed by atoms with Crippen molar-refractivity contribution in [1.29, 1.82) is 0 Å². The van der Waals surface area contributed by atoms with Gasteiger partial charge in [0.25, 0.3) is 0 Å². The Hall–Kier alpha value is -2.25. The minimum absolute atomic E-state index is 0.115. The van der Waals surface area contributed by atoms with E-state index < -0.39 is 0 Å². The number of anilines is 2. The third-order valence-electron chi connectivity index (χ3n) is 6.87. The fourth-order valence-electron chi connectivity index (χ4n) is 5.20. The first-order valence-electron chi connectivity index (χ1n) is 11.5. The lowest BCUT2D eigenvalue weighted by atomic mass is 9.95. The molecule has 4 heterocycles. The number of morpholine rings is 1. The molecular formula is C23H32N5O2+. The lowest BCUT2D eigenvalue weighted by Crippen LogP contribution is -3.16. The van der Waals surface area contributed by atoms with Crippen LogP contribution in [0.25, 0.3) is 10.9 Å². The van der Waals surface area contributed by atoms with E-state index in [4.69, 9.17) is 4.74 Å². The lowest BCUT2D eigenvalue weighted by molar-refractivity contribution is -0.828. The molecule has 30 heavy (non-hydrogen) atoms. The third kappa shape index (κ3) is 4.01. The Morgan fingerprint density at radius 3 is 2.67 bits per heavy atom. The van der Waals surface area contributed by atoms with Crippen LogP contribution in [0, 0.1) is 5.92 Å². The second-order valence-corrected chi connectivity index (χ2v) is 8.81. The van der Waals surface area contributed by atoms with Crippen molar-refractivity contribution in [3.63, 3.8) is 0 Å². The number of hydrogen-bond acceptors (Lipinski definition) is 6. The van der Waals surface area contributed by atoms with Crippen molar-refractivity contribution in [1.82, 2.24) is 9.97 Å². The summed E-state index contributed by atoms with van der Waals surface area (Å²) in [5.41, 5.74) is 2.16. The number of nitrogens with one attached hydrogen (secondary N) is 1. The van der Waals surface area contributed by atoms with Crippen molar-refractivity contribution >= 4 is 28.3 Å². The van der Waals surface area contributed by atoms with Crippen LogP contribution >= 0.6 is 0 Å². The Morgan fingerprint density at radius 1 is 1.00 bits per heavy atom. The highest BCUT2D eigenvalue weighted by Gasteiger charge is 2.34. The zero-order valence-electron chi connectivity index (χ0n) is 17.7. The summed E-state index contributed by atoms with van der Waals surface area (Å²) in [6, 6.07) is 6.48. The van der Waals surface area contributed by atoms with Gasteiger partial charge in [-0.05, 0) is 50.3 Å². The Morgan fingerprint density at radius 2 is 1.83 bits per heavy atom. The van der Waals surface area contributed by atoms with E-state index in [2.05, 4.69) is 38.0 Å². The first-order valence-corrected chi connectivity index (χ1v) is 11.5. The molecule has 1 aromatic heterocycles. The summed E-state index contributed by atoms with van der Waals surface area (Å²) < 4.78 is 5.48. The van der Waals surface area contributed by atoms with Crippen LogP contribution in [-0.4, -0.2) is 68.4 Å². The van der Waals surface area contributed by atoms with Gasteiger partial charge < -0.3 is 14.5 Å². The summed E-state index contributed by atoms with van der Waals surface area (Å²) in [6.07, 6.45) is 7.35. The molecule has 160 valence electrons. The van der Waals surface area contributed by atoms with Gasteiger partial charge in [0.1, 0.15) is 12.1 Å². The Kier molecular flexibility index (Phi) is 5.82. The predicted octanol–water partition coefficient (Wildman–Crippen LogP) is 1.28. The van der Waals surface area contributed by atoms with Crippen LogP contribution in [0.4, 0.5) is 11.5 Å². The molecule has 0 bridgehead atoms. The van der Waals surface area contributed by atoms with Gasteiger partial charge in [-0.1, -0.05) is 0 Å². The number of fused-ring (bicyclic) bond motifs is 1. The molecule has 1 amide bonds. The number of piperidine rings is 2. The molecule has 7 nitrogen and oxygen atoms in total. The van der Waals surface area contributed by atoms with Crippen molar-refractivity contribution in [3.8, 4) is 0 Å². The number of carbonyl (C=O) groups is 1. The molecular weight excluding hydrogens is 378 g/mol. The molecule has 0 radical (unpaired) electrons. The Bertz CT molecular complexity index is 892. The number of hydrogen-bond donors (Lipinski definition) is 1. The fraction of sp³-hybridized carbons (Fsp3) is 0.609. The molecule has 0 spiro atoms. The van der Waals surface area contributed by atoms with Crippen LogP contribution in [0.15, 0.2) is 24.5 Å². The molecule has 2 aromatic rings. The summed E-state index contributed by atoms with van der Waals surface area (Å²) in [5.74, 6) is 1.51. The monoisotopic (exact) mass is 410 g/mol. The molecule has 1 atom stereocenters. The van der Waals surface area contributed by atoms with E-state index in [-0.39, 0.29) is 5.92 Å². The largest absolute Gasteiger partial charge is 0.378 e. The number of ether oxygens (including phenoxy) is 1. The molecule has 1 N–H and O–H groups in total. The van der Waals surface area contributed by atoms with Crippen molar-refractivity contribution in [2.45, 2.75) is 32.1 Å². The number of nitrogens with zero attached hydrogens (tertiary/aromatic N) is 4. The molecule has 0 saturated carbocycles. The van der Waals surface area contributed by atoms with E-state index in [0.29, 0.717) is 5.91 Å². The van der Waals surface area contributed by atoms with Crippen LogP contribution in [0.1, 0.15) is 32.1 Å². The molecule has 3 aliphatic heterocycles. The minimum Gasteiger partial charge on any atom is -0.378 e. The standard InChI is InChI=1S/C23H31N5O2/c29-23(27-8-2-1-3-9-27)18-5-4-10-28(16-18)22-20-7-6-19(15-21(20)24-17-25-22)26-11-13-30-14-12-26/h6-7,15,17-18H,1-5,8-14,16H2/p+1. The zero-order chi connectivity index (χ0) is 20.3. The number of aromatic nitrogens is 2. The first kappa shape index (κ1) is 19.7. The third-order valence-corrected chi connectivity index (χ3v) is 6.87. The summed E-state index contributed by atoms with van der Waals surface area (Å²) in [6.45, 7) is 7.13. The minimum atomic E-state index is 0.115. The number of amides is 1. The summed E-state index contributed by atoms with van der Waals surface area (Å²) >= 11 is 0. The van der Waals surface area contributed by atoms with Crippen LogP contribution in [0.3, 0.4) is 0 Å².